The lowest BCUT2D eigenvalue weighted by atomic mass is 10.2. The summed E-state index contributed by atoms with van der Waals surface area (Å²) in [6, 6.07) is 7.21. The van der Waals surface area contributed by atoms with Gasteiger partial charge in [0.25, 0.3) is 0 Å². The minimum atomic E-state index is -3.45. The number of nitrogens with zero attached hydrogens (tertiary/aromatic N) is 1. The van der Waals surface area contributed by atoms with Gasteiger partial charge in [-0.15, -0.1) is 0 Å². The minimum absolute atomic E-state index is 0.00514. The van der Waals surface area contributed by atoms with Gasteiger partial charge in [-0.2, -0.15) is 4.31 Å². The Bertz CT molecular complexity index is 560. The first-order valence-corrected chi connectivity index (χ1v) is 8.94. The number of ether oxygens (including phenoxy) is 1. The van der Waals surface area contributed by atoms with E-state index in [-0.39, 0.29) is 6.10 Å². The molecule has 1 heterocycles. The molecule has 0 saturated carbocycles. The van der Waals surface area contributed by atoms with E-state index < -0.39 is 10.0 Å². The lowest BCUT2D eigenvalue weighted by Gasteiger charge is -2.32. The van der Waals surface area contributed by atoms with Gasteiger partial charge in [0.2, 0.25) is 10.0 Å². The second-order valence-corrected chi connectivity index (χ2v) is 7.06. The number of hydrogen-bond acceptors (Lipinski definition) is 4. The molecule has 2 rings (SSSR count). The molecule has 118 valence electrons. The van der Waals surface area contributed by atoms with E-state index in [0.717, 1.165) is 18.5 Å². The maximum atomic E-state index is 12.9. The van der Waals surface area contributed by atoms with E-state index in [1.807, 2.05) is 26.0 Å². The number of sulfonamides is 1. The Hall–Kier alpha value is -0.950. The molecule has 21 heavy (non-hydrogen) atoms. The summed E-state index contributed by atoms with van der Waals surface area (Å²) in [6.45, 7) is 6.72. The zero-order valence-corrected chi connectivity index (χ0v) is 13.5. The Kier molecular flexibility index (Phi) is 5.75. The molecule has 5 nitrogen and oxygen atoms in total. The average Bonchev–Trinajstić information content (AvgIpc) is 2.53. The summed E-state index contributed by atoms with van der Waals surface area (Å²) in [5.74, 6) is 0. The van der Waals surface area contributed by atoms with Crippen molar-refractivity contribution in [2.24, 2.45) is 0 Å². The van der Waals surface area contributed by atoms with Crippen molar-refractivity contribution in [3.8, 4) is 0 Å². The lowest BCUT2D eigenvalue weighted by molar-refractivity contribution is -0.00279. The molecule has 0 amide bonds. The number of morpholine rings is 1. The van der Waals surface area contributed by atoms with Crippen LogP contribution in [-0.2, 0) is 21.3 Å². The Morgan fingerprint density at radius 1 is 1.33 bits per heavy atom. The molecule has 6 heteroatoms. The molecule has 1 saturated heterocycles. The number of rotatable bonds is 6. The van der Waals surface area contributed by atoms with Gasteiger partial charge >= 0.3 is 0 Å². The molecular formula is C15H24N2O3S. The predicted molar refractivity (Wildman–Crippen MR) is 82.6 cm³/mol. The summed E-state index contributed by atoms with van der Waals surface area (Å²) in [5, 5.41) is 3.19. The first-order chi connectivity index (χ1) is 10.1. The molecule has 1 aliphatic heterocycles. The Labute approximate surface area is 127 Å². The molecule has 0 spiro atoms. The summed E-state index contributed by atoms with van der Waals surface area (Å²) in [5.41, 5.74) is 0.818. The summed E-state index contributed by atoms with van der Waals surface area (Å²) in [7, 11) is -3.45. The second kappa shape index (κ2) is 7.35. The van der Waals surface area contributed by atoms with Crippen molar-refractivity contribution in [1.82, 2.24) is 9.62 Å². The van der Waals surface area contributed by atoms with Crippen LogP contribution >= 0.6 is 0 Å². The highest BCUT2D eigenvalue weighted by molar-refractivity contribution is 7.89. The molecule has 0 aromatic heterocycles. The third kappa shape index (κ3) is 3.83. The Morgan fingerprint density at radius 2 is 2.10 bits per heavy atom. The van der Waals surface area contributed by atoms with E-state index in [1.54, 1.807) is 16.4 Å². The van der Waals surface area contributed by atoms with Gasteiger partial charge in [-0.05, 0) is 24.6 Å². The molecule has 1 fully saturated rings. The fourth-order valence-electron chi connectivity index (χ4n) is 2.46. The number of hydrogen-bond donors (Lipinski definition) is 1. The maximum Gasteiger partial charge on any atom is 0.243 e. The molecule has 1 unspecified atom stereocenters. The zero-order valence-electron chi connectivity index (χ0n) is 12.7. The van der Waals surface area contributed by atoms with Gasteiger partial charge in [0.05, 0.1) is 17.6 Å². The standard InChI is InChI=1S/C15H24N2O3S/c1-3-14-12-17(9-10-20-14)21(18,19)15-8-6-5-7-13(15)11-16-4-2/h5-8,14,16H,3-4,9-12H2,1-2H3. The first-order valence-electron chi connectivity index (χ1n) is 7.50. The zero-order chi connectivity index (χ0) is 15.3. The largest absolute Gasteiger partial charge is 0.375 e. The Morgan fingerprint density at radius 3 is 2.81 bits per heavy atom. The molecule has 0 bridgehead atoms. The van der Waals surface area contributed by atoms with Crippen LogP contribution in [0.4, 0.5) is 0 Å². The van der Waals surface area contributed by atoms with Gasteiger partial charge < -0.3 is 10.1 Å². The van der Waals surface area contributed by atoms with Gasteiger partial charge in [0.1, 0.15) is 0 Å². The van der Waals surface area contributed by atoms with Crippen molar-refractivity contribution in [1.29, 1.82) is 0 Å². The van der Waals surface area contributed by atoms with Gasteiger partial charge in [-0.1, -0.05) is 32.0 Å². The van der Waals surface area contributed by atoms with Crippen molar-refractivity contribution in [3.05, 3.63) is 29.8 Å². The van der Waals surface area contributed by atoms with E-state index in [0.29, 0.717) is 31.1 Å². The van der Waals surface area contributed by atoms with Crippen LogP contribution in [-0.4, -0.2) is 45.1 Å². The lowest BCUT2D eigenvalue weighted by Crippen LogP contribution is -2.45. The highest BCUT2D eigenvalue weighted by Crippen LogP contribution is 2.23. The monoisotopic (exact) mass is 312 g/mol. The van der Waals surface area contributed by atoms with Crippen LogP contribution in [0.15, 0.2) is 29.2 Å². The van der Waals surface area contributed by atoms with Crippen molar-refractivity contribution in [2.75, 3.05) is 26.2 Å². The van der Waals surface area contributed by atoms with Crippen LogP contribution < -0.4 is 5.32 Å². The minimum Gasteiger partial charge on any atom is -0.375 e. The summed E-state index contributed by atoms with van der Waals surface area (Å²) in [6.07, 6.45) is 0.819. The molecular weight excluding hydrogens is 288 g/mol. The second-order valence-electron chi connectivity index (χ2n) is 5.15. The molecule has 0 aliphatic carbocycles. The van der Waals surface area contributed by atoms with Crippen LogP contribution in [0.5, 0.6) is 0 Å². The smallest absolute Gasteiger partial charge is 0.243 e. The summed E-state index contributed by atoms with van der Waals surface area (Å²) in [4.78, 5) is 0.405. The molecule has 1 aromatic rings. The van der Waals surface area contributed by atoms with E-state index in [9.17, 15) is 8.42 Å². The maximum absolute atomic E-state index is 12.9. The molecule has 1 atom stereocenters. The van der Waals surface area contributed by atoms with Crippen molar-refractivity contribution < 1.29 is 13.2 Å². The van der Waals surface area contributed by atoms with E-state index in [1.165, 1.54) is 0 Å². The van der Waals surface area contributed by atoms with Gasteiger partial charge in [-0.25, -0.2) is 8.42 Å². The normalized spacial score (nSPS) is 20.6. The van der Waals surface area contributed by atoms with Crippen LogP contribution in [0.1, 0.15) is 25.8 Å². The highest BCUT2D eigenvalue weighted by atomic mass is 32.2. The molecule has 0 radical (unpaired) electrons. The van der Waals surface area contributed by atoms with Crippen LogP contribution in [0, 0.1) is 0 Å². The van der Waals surface area contributed by atoms with Crippen molar-refractivity contribution in [3.63, 3.8) is 0 Å². The third-order valence-corrected chi connectivity index (χ3v) is 5.68. The average molecular weight is 312 g/mol. The fourth-order valence-corrected chi connectivity index (χ4v) is 4.14. The van der Waals surface area contributed by atoms with Crippen LogP contribution in [0.3, 0.4) is 0 Å². The number of nitrogens with one attached hydrogen (secondary N) is 1. The first kappa shape index (κ1) is 16.4. The predicted octanol–water partition coefficient (Wildman–Crippen LogP) is 1.60. The topological polar surface area (TPSA) is 58.6 Å². The fraction of sp³-hybridized carbons (Fsp3) is 0.600. The van der Waals surface area contributed by atoms with Crippen LogP contribution in [0.2, 0.25) is 0 Å². The molecule has 1 N–H and O–H groups in total. The van der Waals surface area contributed by atoms with Crippen molar-refractivity contribution in [2.45, 2.75) is 37.8 Å². The van der Waals surface area contributed by atoms with Gasteiger partial charge in [0.15, 0.2) is 0 Å². The number of benzene rings is 1. The van der Waals surface area contributed by atoms with Crippen molar-refractivity contribution >= 4 is 10.0 Å². The quantitative estimate of drug-likeness (QED) is 0.867. The molecule has 1 aliphatic rings. The summed E-state index contributed by atoms with van der Waals surface area (Å²) < 4.78 is 32.9. The van der Waals surface area contributed by atoms with Crippen LogP contribution in [0.25, 0.3) is 0 Å². The van der Waals surface area contributed by atoms with E-state index in [4.69, 9.17) is 4.74 Å². The SMILES string of the molecule is CCNCc1ccccc1S(=O)(=O)N1CCOC(CC)C1. The molecule has 1 aromatic carbocycles. The van der Waals surface area contributed by atoms with E-state index in [2.05, 4.69) is 5.32 Å². The highest BCUT2D eigenvalue weighted by Gasteiger charge is 2.31. The van der Waals surface area contributed by atoms with E-state index >= 15 is 0 Å². The Balaban J connectivity index is 2.26. The third-order valence-electron chi connectivity index (χ3n) is 3.71. The summed E-state index contributed by atoms with van der Waals surface area (Å²) >= 11 is 0. The van der Waals surface area contributed by atoms with Gasteiger partial charge in [-0.3, -0.25) is 0 Å². The van der Waals surface area contributed by atoms with Gasteiger partial charge in [0, 0.05) is 19.6 Å².